The maximum absolute atomic E-state index is 12.9. The van der Waals surface area contributed by atoms with Gasteiger partial charge in [0.15, 0.2) is 4.32 Å². The molecule has 0 N–H and O–H groups in total. The molecule has 0 spiro atoms. The van der Waals surface area contributed by atoms with Crippen LogP contribution < -0.4 is 9.64 Å². The number of hydrogen-bond donors (Lipinski definition) is 0. The van der Waals surface area contributed by atoms with Gasteiger partial charge in [0.2, 0.25) is 0 Å². The second-order valence-corrected chi connectivity index (χ2v) is 7.60. The van der Waals surface area contributed by atoms with Crippen molar-refractivity contribution in [3.8, 4) is 5.75 Å². The van der Waals surface area contributed by atoms with Crippen LogP contribution in [0.15, 0.2) is 60.0 Å². The summed E-state index contributed by atoms with van der Waals surface area (Å²) in [6.07, 6.45) is 3.57. The lowest BCUT2D eigenvalue weighted by molar-refractivity contribution is -0.113. The van der Waals surface area contributed by atoms with Crippen LogP contribution in [-0.2, 0) is 4.79 Å². The molecule has 2 aromatic rings. The molecule has 0 aliphatic carbocycles. The van der Waals surface area contributed by atoms with Gasteiger partial charge in [-0.25, -0.2) is 0 Å². The monoisotopic (exact) mass is 381 g/mol. The molecule has 2 aromatic carbocycles. The van der Waals surface area contributed by atoms with E-state index in [1.165, 1.54) is 11.8 Å². The number of carbonyl (C=O) groups is 1. The van der Waals surface area contributed by atoms with E-state index in [9.17, 15) is 4.79 Å². The summed E-state index contributed by atoms with van der Waals surface area (Å²) in [6, 6.07) is 13.6. The summed E-state index contributed by atoms with van der Waals surface area (Å²) in [6.45, 7) is 8.08. The highest BCUT2D eigenvalue weighted by atomic mass is 32.2. The number of carbonyl (C=O) groups excluding carboxylic acids is 1. The number of hydrogen-bond acceptors (Lipinski definition) is 4. The highest BCUT2D eigenvalue weighted by Crippen LogP contribution is 2.38. The van der Waals surface area contributed by atoms with Crippen molar-refractivity contribution < 1.29 is 9.53 Å². The fourth-order valence-corrected chi connectivity index (χ4v) is 4.06. The second kappa shape index (κ2) is 7.89. The van der Waals surface area contributed by atoms with Crippen molar-refractivity contribution in [2.75, 3.05) is 11.5 Å². The van der Waals surface area contributed by atoms with Gasteiger partial charge in [-0.05, 0) is 48.7 Å². The molecule has 132 valence electrons. The molecule has 1 fully saturated rings. The van der Waals surface area contributed by atoms with E-state index < -0.39 is 0 Å². The smallest absolute Gasteiger partial charge is 0.270 e. The molecule has 5 heteroatoms. The van der Waals surface area contributed by atoms with Crippen LogP contribution in [-0.4, -0.2) is 16.8 Å². The second-order valence-electron chi connectivity index (χ2n) is 5.93. The zero-order valence-electron chi connectivity index (χ0n) is 14.7. The van der Waals surface area contributed by atoms with Gasteiger partial charge in [-0.2, -0.15) is 0 Å². The molecule has 3 nitrogen and oxygen atoms in total. The van der Waals surface area contributed by atoms with E-state index in [1.54, 1.807) is 11.0 Å². The first kappa shape index (κ1) is 18.4. The zero-order valence-corrected chi connectivity index (χ0v) is 16.3. The third-order valence-electron chi connectivity index (χ3n) is 4.00. The van der Waals surface area contributed by atoms with Gasteiger partial charge in [0.1, 0.15) is 12.4 Å². The van der Waals surface area contributed by atoms with Crippen LogP contribution in [0.5, 0.6) is 5.75 Å². The molecular formula is C21H19NO2S2. The minimum absolute atomic E-state index is 0.0793. The Kier molecular flexibility index (Phi) is 5.59. The number of thiocarbonyl (C=S) groups is 1. The lowest BCUT2D eigenvalue weighted by atomic mass is 10.1. The highest BCUT2D eigenvalue weighted by molar-refractivity contribution is 8.27. The average molecular weight is 382 g/mol. The van der Waals surface area contributed by atoms with Crippen LogP contribution in [0.25, 0.3) is 6.08 Å². The molecule has 0 saturated carbocycles. The van der Waals surface area contributed by atoms with Gasteiger partial charge in [0.05, 0.1) is 10.6 Å². The Balaban J connectivity index is 1.87. The molecule has 26 heavy (non-hydrogen) atoms. The van der Waals surface area contributed by atoms with E-state index >= 15 is 0 Å². The van der Waals surface area contributed by atoms with E-state index in [4.69, 9.17) is 17.0 Å². The number of benzene rings is 2. The van der Waals surface area contributed by atoms with Crippen molar-refractivity contribution in [2.24, 2.45) is 0 Å². The SMILES string of the molecule is C=CCOc1ccc(/C=C2\SC(=S)N(c3c(C)cccc3C)C2=O)cc1. The largest absolute Gasteiger partial charge is 0.490 e. The molecule has 1 heterocycles. The lowest BCUT2D eigenvalue weighted by Crippen LogP contribution is -2.29. The number of thioether (sulfide) groups is 1. The van der Waals surface area contributed by atoms with Crippen molar-refractivity contribution in [1.82, 2.24) is 0 Å². The summed E-state index contributed by atoms with van der Waals surface area (Å²) in [5.74, 6) is 0.689. The topological polar surface area (TPSA) is 29.5 Å². The van der Waals surface area contributed by atoms with Crippen LogP contribution in [0.2, 0.25) is 0 Å². The van der Waals surface area contributed by atoms with E-state index in [1.807, 2.05) is 62.4 Å². The normalized spacial score (nSPS) is 15.6. The standard InChI is InChI=1S/C21H19NO2S2/c1-4-12-24-17-10-8-16(9-11-17)13-18-20(23)22(21(25)26-18)19-14(2)6-5-7-15(19)3/h4-11,13H,1,12H2,2-3H3/b18-13-. The summed E-state index contributed by atoms with van der Waals surface area (Å²) in [4.78, 5) is 15.2. The van der Waals surface area contributed by atoms with Crippen molar-refractivity contribution in [3.63, 3.8) is 0 Å². The van der Waals surface area contributed by atoms with Crippen molar-refractivity contribution in [3.05, 3.63) is 76.7 Å². The van der Waals surface area contributed by atoms with Gasteiger partial charge in [-0.15, -0.1) is 0 Å². The van der Waals surface area contributed by atoms with E-state index in [-0.39, 0.29) is 5.91 Å². The molecule has 3 rings (SSSR count). The molecule has 1 saturated heterocycles. The molecule has 1 aliphatic rings. The number of anilines is 1. The number of rotatable bonds is 5. The Morgan fingerprint density at radius 1 is 1.15 bits per heavy atom. The minimum atomic E-state index is -0.0793. The van der Waals surface area contributed by atoms with E-state index in [0.717, 1.165) is 28.1 Å². The fraction of sp³-hybridized carbons (Fsp3) is 0.143. The Labute approximate surface area is 163 Å². The quantitative estimate of drug-likeness (QED) is 0.401. The van der Waals surface area contributed by atoms with Crippen molar-refractivity contribution in [1.29, 1.82) is 0 Å². The number of ether oxygens (including phenoxy) is 1. The molecule has 1 amide bonds. The molecule has 0 radical (unpaired) electrons. The van der Waals surface area contributed by atoms with E-state index in [2.05, 4.69) is 6.58 Å². The van der Waals surface area contributed by atoms with Gasteiger partial charge in [-0.1, -0.05) is 67.0 Å². The maximum Gasteiger partial charge on any atom is 0.270 e. The van der Waals surface area contributed by atoms with Crippen molar-refractivity contribution >= 4 is 46.0 Å². The molecular weight excluding hydrogens is 362 g/mol. The highest BCUT2D eigenvalue weighted by Gasteiger charge is 2.34. The van der Waals surface area contributed by atoms with Gasteiger partial charge >= 0.3 is 0 Å². The Morgan fingerprint density at radius 3 is 2.42 bits per heavy atom. The van der Waals surface area contributed by atoms with E-state index in [0.29, 0.717) is 15.8 Å². The van der Waals surface area contributed by atoms with Crippen LogP contribution in [0.3, 0.4) is 0 Å². The molecule has 0 aromatic heterocycles. The van der Waals surface area contributed by atoms with Crippen molar-refractivity contribution in [2.45, 2.75) is 13.8 Å². The van der Waals surface area contributed by atoms with Crippen LogP contribution in [0.1, 0.15) is 16.7 Å². The van der Waals surface area contributed by atoms with Crippen LogP contribution >= 0.6 is 24.0 Å². The molecule has 0 bridgehead atoms. The third-order valence-corrected chi connectivity index (χ3v) is 5.30. The van der Waals surface area contributed by atoms with Gasteiger partial charge < -0.3 is 4.74 Å². The van der Waals surface area contributed by atoms with Gasteiger partial charge in [-0.3, -0.25) is 9.69 Å². The minimum Gasteiger partial charge on any atom is -0.490 e. The summed E-state index contributed by atoms with van der Waals surface area (Å²) < 4.78 is 6.04. The Hall–Kier alpha value is -2.37. The summed E-state index contributed by atoms with van der Waals surface area (Å²) in [7, 11) is 0. The molecule has 0 unspecified atom stereocenters. The summed E-state index contributed by atoms with van der Waals surface area (Å²) in [5, 5.41) is 0. The first-order valence-corrected chi connectivity index (χ1v) is 9.41. The molecule has 0 atom stereocenters. The zero-order chi connectivity index (χ0) is 18.7. The number of amides is 1. The van der Waals surface area contributed by atoms with Gasteiger partial charge in [0, 0.05) is 0 Å². The molecule has 1 aliphatic heterocycles. The predicted molar refractivity (Wildman–Crippen MR) is 114 cm³/mol. The summed E-state index contributed by atoms with van der Waals surface area (Å²) >= 11 is 6.81. The fourth-order valence-electron chi connectivity index (χ4n) is 2.79. The number of para-hydroxylation sites is 1. The number of aryl methyl sites for hydroxylation is 2. The summed E-state index contributed by atoms with van der Waals surface area (Å²) in [5.41, 5.74) is 3.88. The van der Waals surface area contributed by atoms with Crippen LogP contribution in [0.4, 0.5) is 5.69 Å². The maximum atomic E-state index is 12.9. The third kappa shape index (κ3) is 3.74. The van der Waals surface area contributed by atoms with Crippen LogP contribution in [0, 0.1) is 13.8 Å². The average Bonchev–Trinajstić information content (AvgIpc) is 2.89. The Morgan fingerprint density at radius 2 is 1.81 bits per heavy atom. The Bertz CT molecular complexity index is 880. The first-order valence-electron chi connectivity index (χ1n) is 8.19. The number of nitrogens with zero attached hydrogens (tertiary/aromatic N) is 1. The first-order chi connectivity index (χ1) is 12.5. The predicted octanol–water partition coefficient (Wildman–Crippen LogP) is 5.27. The lowest BCUT2D eigenvalue weighted by Gasteiger charge is -2.19. The van der Waals surface area contributed by atoms with Gasteiger partial charge in [0.25, 0.3) is 5.91 Å².